The second-order valence-corrected chi connectivity index (χ2v) is 7.65. The zero-order valence-corrected chi connectivity index (χ0v) is 16.2. The quantitative estimate of drug-likeness (QED) is 0.834. The molecule has 1 aliphatic carbocycles. The minimum Gasteiger partial charge on any atom is -0.317 e. The SMILES string of the molecule is CNC(C(=O)N1C(=O)N(Cc2ccccc2)CC1C(C)=O)C1CCCCC1. The molecule has 2 unspecified atom stereocenters. The van der Waals surface area contributed by atoms with Crippen molar-refractivity contribution in [3.05, 3.63) is 35.9 Å². The minimum absolute atomic E-state index is 0.147. The summed E-state index contributed by atoms with van der Waals surface area (Å²) < 4.78 is 0. The Morgan fingerprint density at radius 1 is 1.15 bits per heavy atom. The van der Waals surface area contributed by atoms with E-state index < -0.39 is 12.1 Å². The highest BCUT2D eigenvalue weighted by atomic mass is 16.2. The van der Waals surface area contributed by atoms with Crippen molar-refractivity contribution >= 4 is 17.7 Å². The highest BCUT2D eigenvalue weighted by Crippen LogP contribution is 2.29. The van der Waals surface area contributed by atoms with E-state index in [2.05, 4.69) is 5.32 Å². The molecule has 0 aromatic heterocycles. The zero-order chi connectivity index (χ0) is 19.4. The molecule has 146 valence electrons. The number of hydrogen-bond donors (Lipinski definition) is 1. The molecule has 3 amide bonds. The van der Waals surface area contributed by atoms with Gasteiger partial charge in [-0.15, -0.1) is 0 Å². The van der Waals surface area contributed by atoms with Crippen molar-refractivity contribution < 1.29 is 14.4 Å². The number of benzene rings is 1. The standard InChI is InChI=1S/C21H29N3O3/c1-15(25)18-14-23(13-16-9-5-3-6-10-16)21(27)24(18)20(26)19(22-2)17-11-7-4-8-12-17/h3,5-6,9-10,17-19,22H,4,7-8,11-14H2,1-2H3. The molecule has 1 aromatic carbocycles. The number of amides is 3. The summed E-state index contributed by atoms with van der Waals surface area (Å²) in [6, 6.07) is 8.17. The van der Waals surface area contributed by atoms with Gasteiger partial charge in [-0.1, -0.05) is 49.6 Å². The lowest BCUT2D eigenvalue weighted by molar-refractivity contribution is -0.136. The van der Waals surface area contributed by atoms with Gasteiger partial charge in [0.1, 0.15) is 6.04 Å². The maximum Gasteiger partial charge on any atom is 0.327 e. The third-order valence-corrected chi connectivity index (χ3v) is 5.80. The summed E-state index contributed by atoms with van der Waals surface area (Å²) in [5, 5.41) is 3.12. The van der Waals surface area contributed by atoms with Crippen molar-refractivity contribution in [1.82, 2.24) is 15.1 Å². The molecule has 6 heteroatoms. The maximum absolute atomic E-state index is 13.3. The Hall–Kier alpha value is -2.21. The second kappa shape index (κ2) is 8.65. The van der Waals surface area contributed by atoms with Crippen LogP contribution in [0.5, 0.6) is 0 Å². The van der Waals surface area contributed by atoms with Crippen molar-refractivity contribution in [2.75, 3.05) is 13.6 Å². The van der Waals surface area contributed by atoms with Crippen LogP contribution in [-0.2, 0) is 16.1 Å². The van der Waals surface area contributed by atoms with Gasteiger partial charge in [0.2, 0.25) is 5.91 Å². The molecule has 1 saturated heterocycles. The predicted molar refractivity (Wildman–Crippen MR) is 103 cm³/mol. The first-order valence-corrected chi connectivity index (χ1v) is 9.86. The Labute approximate surface area is 160 Å². The molecule has 2 atom stereocenters. The summed E-state index contributed by atoms with van der Waals surface area (Å²) in [6.07, 6.45) is 5.39. The van der Waals surface area contributed by atoms with Crippen LogP contribution in [0.25, 0.3) is 0 Å². The average molecular weight is 371 g/mol. The first kappa shape index (κ1) is 19.5. The smallest absolute Gasteiger partial charge is 0.317 e. The van der Waals surface area contributed by atoms with Gasteiger partial charge in [0.15, 0.2) is 5.78 Å². The number of nitrogens with zero attached hydrogens (tertiary/aromatic N) is 2. The Balaban J connectivity index is 1.79. The molecule has 1 saturated carbocycles. The lowest BCUT2D eigenvalue weighted by atomic mass is 9.83. The van der Waals surface area contributed by atoms with Gasteiger partial charge in [0.05, 0.1) is 12.6 Å². The van der Waals surface area contributed by atoms with Crippen molar-refractivity contribution in [3.8, 4) is 0 Å². The fraction of sp³-hybridized carbons (Fsp3) is 0.571. The van der Waals surface area contributed by atoms with E-state index in [-0.39, 0.29) is 30.2 Å². The molecule has 1 N–H and O–H groups in total. The maximum atomic E-state index is 13.3. The highest BCUT2D eigenvalue weighted by molar-refractivity contribution is 6.04. The van der Waals surface area contributed by atoms with Gasteiger partial charge in [-0.3, -0.25) is 14.5 Å². The number of imide groups is 1. The van der Waals surface area contributed by atoms with Gasteiger partial charge in [-0.25, -0.2) is 4.79 Å². The minimum atomic E-state index is -0.701. The number of rotatable bonds is 6. The van der Waals surface area contributed by atoms with Crippen LogP contribution in [0, 0.1) is 5.92 Å². The molecule has 1 aromatic rings. The second-order valence-electron chi connectivity index (χ2n) is 7.65. The van der Waals surface area contributed by atoms with E-state index in [4.69, 9.17) is 0 Å². The molecule has 2 fully saturated rings. The van der Waals surface area contributed by atoms with Gasteiger partial charge in [0.25, 0.3) is 0 Å². The molecule has 0 spiro atoms. The number of nitrogens with one attached hydrogen (secondary N) is 1. The van der Waals surface area contributed by atoms with E-state index in [0.29, 0.717) is 6.54 Å². The van der Waals surface area contributed by atoms with E-state index in [1.807, 2.05) is 30.3 Å². The lowest BCUT2D eigenvalue weighted by Crippen LogP contribution is -2.54. The number of carbonyl (C=O) groups excluding carboxylic acids is 3. The summed E-state index contributed by atoms with van der Waals surface area (Å²) in [5.41, 5.74) is 0.986. The molecule has 2 aliphatic rings. The topological polar surface area (TPSA) is 69.7 Å². The van der Waals surface area contributed by atoms with Crippen LogP contribution in [0.15, 0.2) is 30.3 Å². The van der Waals surface area contributed by atoms with E-state index in [9.17, 15) is 14.4 Å². The van der Waals surface area contributed by atoms with Gasteiger partial charge >= 0.3 is 6.03 Å². The van der Waals surface area contributed by atoms with Crippen LogP contribution in [-0.4, -0.2) is 53.2 Å². The number of likely N-dealkylation sites (N-methyl/N-ethyl adjacent to an activating group) is 1. The summed E-state index contributed by atoms with van der Waals surface area (Å²) in [6.45, 7) is 2.12. The van der Waals surface area contributed by atoms with Crippen molar-refractivity contribution in [1.29, 1.82) is 0 Å². The van der Waals surface area contributed by atoms with Gasteiger partial charge in [-0.05, 0) is 38.3 Å². The Morgan fingerprint density at radius 3 is 2.41 bits per heavy atom. The van der Waals surface area contributed by atoms with Crippen LogP contribution < -0.4 is 5.32 Å². The number of Topliss-reactive ketones (excluding diaryl/α,β-unsaturated/α-hetero) is 1. The third-order valence-electron chi connectivity index (χ3n) is 5.80. The average Bonchev–Trinajstić information content (AvgIpc) is 3.00. The number of ketones is 1. The number of carbonyl (C=O) groups is 3. The van der Waals surface area contributed by atoms with E-state index >= 15 is 0 Å². The van der Waals surface area contributed by atoms with Crippen LogP contribution in [0.1, 0.15) is 44.6 Å². The summed E-state index contributed by atoms with van der Waals surface area (Å²) in [5.74, 6) is -0.184. The fourth-order valence-corrected chi connectivity index (χ4v) is 4.33. The largest absolute Gasteiger partial charge is 0.327 e. The van der Waals surface area contributed by atoms with Crippen molar-refractivity contribution in [3.63, 3.8) is 0 Å². The summed E-state index contributed by atoms with van der Waals surface area (Å²) >= 11 is 0. The van der Waals surface area contributed by atoms with Crippen LogP contribution in [0.4, 0.5) is 4.79 Å². The Morgan fingerprint density at radius 2 is 1.81 bits per heavy atom. The molecule has 1 heterocycles. The van der Waals surface area contributed by atoms with Gasteiger partial charge in [0, 0.05) is 6.54 Å². The first-order valence-electron chi connectivity index (χ1n) is 9.86. The van der Waals surface area contributed by atoms with Crippen LogP contribution in [0.2, 0.25) is 0 Å². The molecule has 0 radical (unpaired) electrons. The molecule has 1 aliphatic heterocycles. The predicted octanol–water partition coefficient (Wildman–Crippen LogP) is 2.58. The monoisotopic (exact) mass is 371 g/mol. The normalized spacial score (nSPS) is 22.1. The van der Waals surface area contributed by atoms with Crippen LogP contribution >= 0.6 is 0 Å². The molecular formula is C21H29N3O3. The Bertz CT molecular complexity index is 685. The van der Waals surface area contributed by atoms with Crippen LogP contribution in [0.3, 0.4) is 0 Å². The highest BCUT2D eigenvalue weighted by Gasteiger charge is 2.46. The van der Waals surface area contributed by atoms with Crippen molar-refractivity contribution in [2.24, 2.45) is 5.92 Å². The zero-order valence-electron chi connectivity index (χ0n) is 16.2. The summed E-state index contributed by atoms with van der Waals surface area (Å²) in [4.78, 5) is 41.3. The fourth-order valence-electron chi connectivity index (χ4n) is 4.33. The van der Waals surface area contributed by atoms with Gasteiger partial charge in [-0.2, -0.15) is 0 Å². The third kappa shape index (κ3) is 4.21. The first-order chi connectivity index (χ1) is 13.0. The molecule has 0 bridgehead atoms. The Kier molecular flexibility index (Phi) is 6.26. The lowest BCUT2D eigenvalue weighted by Gasteiger charge is -2.32. The molecular weight excluding hydrogens is 342 g/mol. The molecule has 27 heavy (non-hydrogen) atoms. The molecule has 3 rings (SSSR count). The number of hydrogen-bond acceptors (Lipinski definition) is 4. The number of urea groups is 1. The van der Waals surface area contributed by atoms with E-state index in [1.165, 1.54) is 18.2 Å². The molecule has 6 nitrogen and oxygen atoms in total. The van der Waals surface area contributed by atoms with E-state index in [0.717, 1.165) is 31.2 Å². The van der Waals surface area contributed by atoms with Gasteiger partial charge < -0.3 is 10.2 Å². The summed E-state index contributed by atoms with van der Waals surface area (Å²) in [7, 11) is 1.77. The van der Waals surface area contributed by atoms with Crippen molar-refractivity contribution in [2.45, 2.75) is 57.7 Å². The van der Waals surface area contributed by atoms with E-state index in [1.54, 1.807) is 11.9 Å².